The molecule has 2 rings (SSSR count). The minimum atomic E-state index is -0.297. The number of halogens is 3. The predicted octanol–water partition coefficient (Wildman–Crippen LogP) is 5.50. The Morgan fingerprint density at radius 2 is 1.53 bits per heavy atom. The monoisotopic (exact) mass is 309 g/mol. The lowest BCUT2D eigenvalue weighted by molar-refractivity contribution is 0.849. The molecule has 1 nitrogen and oxygen atoms in total. The lowest BCUT2D eigenvalue weighted by Crippen LogP contribution is -2.01. The lowest BCUT2D eigenvalue weighted by Gasteiger charge is -2.12. The highest BCUT2D eigenvalue weighted by Gasteiger charge is 2.15. The van der Waals surface area contributed by atoms with Gasteiger partial charge in [0, 0.05) is 15.1 Å². The smallest absolute Gasteiger partial charge is 0.0754 e. The van der Waals surface area contributed by atoms with Crippen molar-refractivity contribution in [1.82, 2.24) is 0 Å². The van der Waals surface area contributed by atoms with Gasteiger partial charge in [-0.2, -0.15) is 5.26 Å². The van der Waals surface area contributed by atoms with Gasteiger partial charge in [0.05, 0.1) is 12.0 Å². The number of benzene rings is 2. The van der Waals surface area contributed by atoms with Gasteiger partial charge in [0.1, 0.15) is 0 Å². The maximum Gasteiger partial charge on any atom is 0.0754 e. The van der Waals surface area contributed by atoms with Crippen molar-refractivity contribution in [2.45, 2.75) is 12.3 Å². The molecule has 1 atom stereocenters. The molecule has 0 saturated heterocycles. The molecule has 1 unspecified atom stereocenters. The molecule has 0 aliphatic rings. The SMILES string of the molecule is N#CC(Cc1c(Cl)cccc1Cl)c1ccc(Cl)cc1. The van der Waals surface area contributed by atoms with Crippen LogP contribution in [-0.2, 0) is 6.42 Å². The molecule has 0 spiro atoms. The van der Waals surface area contributed by atoms with Crippen LogP contribution in [0.1, 0.15) is 17.0 Å². The van der Waals surface area contributed by atoms with Crippen LogP contribution < -0.4 is 0 Å². The van der Waals surface area contributed by atoms with Crippen LogP contribution >= 0.6 is 34.8 Å². The number of nitrogens with zero attached hydrogens (tertiary/aromatic N) is 1. The van der Waals surface area contributed by atoms with Crippen molar-refractivity contribution < 1.29 is 0 Å². The molecule has 0 N–H and O–H groups in total. The normalized spacial score (nSPS) is 11.9. The van der Waals surface area contributed by atoms with E-state index < -0.39 is 0 Å². The van der Waals surface area contributed by atoms with Crippen LogP contribution in [0.2, 0.25) is 15.1 Å². The van der Waals surface area contributed by atoms with E-state index in [1.807, 2.05) is 12.1 Å². The molecule has 0 amide bonds. The van der Waals surface area contributed by atoms with E-state index >= 15 is 0 Å². The fraction of sp³-hybridized carbons (Fsp3) is 0.133. The van der Waals surface area contributed by atoms with E-state index in [1.54, 1.807) is 30.3 Å². The van der Waals surface area contributed by atoms with E-state index in [1.165, 1.54) is 0 Å². The summed E-state index contributed by atoms with van der Waals surface area (Å²) in [6.45, 7) is 0. The van der Waals surface area contributed by atoms with Crippen LogP contribution in [0.25, 0.3) is 0 Å². The second-order valence-electron chi connectivity index (χ2n) is 4.14. The van der Waals surface area contributed by atoms with Crippen LogP contribution in [-0.4, -0.2) is 0 Å². The summed E-state index contributed by atoms with van der Waals surface area (Å²) in [5, 5.41) is 11.1. The van der Waals surface area contributed by atoms with Gasteiger partial charge in [0.15, 0.2) is 0 Å². The first-order valence-corrected chi connectivity index (χ1v) is 6.83. The van der Waals surface area contributed by atoms with Gasteiger partial charge in [-0.3, -0.25) is 0 Å². The predicted molar refractivity (Wildman–Crippen MR) is 80.0 cm³/mol. The highest BCUT2D eigenvalue weighted by atomic mass is 35.5. The van der Waals surface area contributed by atoms with E-state index in [2.05, 4.69) is 6.07 Å². The Bertz CT molecular complexity index is 594. The van der Waals surface area contributed by atoms with E-state index in [0.29, 0.717) is 21.5 Å². The lowest BCUT2D eigenvalue weighted by atomic mass is 9.93. The second kappa shape index (κ2) is 6.30. The van der Waals surface area contributed by atoms with Crippen molar-refractivity contribution in [2.24, 2.45) is 0 Å². The molecule has 19 heavy (non-hydrogen) atoms. The molecule has 0 bridgehead atoms. The summed E-state index contributed by atoms with van der Waals surface area (Å²) in [7, 11) is 0. The highest BCUT2D eigenvalue weighted by molar-refractivity contribution is 6.36. The fourth-order valence-corrected chi connectivity index (χ4v) is 2.54. The van der Waals surface area contributed by atoms with E-state index in [-0.39, 0.29) is 5.92 Å². The number of nitriles is 1. The maximum absolute atomic E-state index is 9.32. The largest absolute Gasteiger partial charge is 0.198 e. The summed E-state index contributed by atoms with van der Waals surface area (Å²) >= 11 is 18.1. The quantitative estimate of drug-likeness (QED) is 0.734. The molecular formula is C15H10Cl3N. The molecule has 0 heterocycles. The summed E-state index contributed by atoms with van der Waals surface area (Å²) in [5.41, 5.74) is 1.70. The number of hydrogen-bond donors (Lipinski definition) is 0. The van der Waals surface area contributed by atoms with Gasteiger partial charge in [-0.25, -0.2) is 0 Å². The molecular weight excluding hydrogens is 301 g/mol. The zero-order valence-corrected chi connectivity index (χ0v) is 12.2. The standard InChI is InChI=1S/C15H10Cl3N/c16-12-6-4-10(5-7-12)11(9-19)8-13-14(17)2-1-3-15(13)18/h1-7,11H,8H2. The number of hydrogen-bond acceptors (Lipinski definition) is 1. The molecule has 0 saturated carbocycles. The molecule has 96 valence electrons. The third kappa shape index (κ3) is 3.42. The van der Waals surface area contributed by atoms with Gasteiger partial charge in [-0.05, 0) is 41.8 Å². The Morgan fingerprint density at radius 1 is 0.947 bits per heavy atom. The van der Waals surface area contributed by atoms with Gasteiger partial charge in [-0.15, -0.1) is 0 Å². The van der Waals surface area contributed by atoms with Crippen molar-refractivity contribution in [2.75, 3.05) is 0 Å². The Hall–Kier alpha value is -1.20. The molecule has 0 aliphatic carbocycles. The van der Waals surface area contributed by atoms with Gasteiger partial charge >= 0.3 is 0 Å². The minimum absolute atomic E-state index is 0.297. The molecule has 0 aromatic heterocycles. The average Bonchev–Trinajstić information content (AvgIpc) is 2.40. The van der Waals surface area contributed by atoms with Crippen molar-refractivity contribution in [3.63, 3.8) is 0 Å². The molecule has 0 fully saturated rings. The summed E-state index contributed by atoms with van der Waals surface area (Å²) in [6.07, 6.45) is 0.483. The molecule has 4 heteroatoms. The van der Waals surface area contributed by atoms with Crippen LogP contribution in [0.5, 0.6) is 0 Å². The summed E-state index contributed by atoms with van der Waals surface area (Å²) in [6, 6.07) is 14.9. The van der Waals surface area contributed by atoms with Crippen molar-refractivity contribution in [1.29, 1.82) is 5.26 Å². The third-order valence-electron chi connectivity index (χ3n) is 2.90. The van der Waals surface area contributed by atoms with E-state index in [9.17, 15) is 5.26 Å². The third-order valence-corrected chi connectivity index (χ3v) is 3.86. The van der Waals surface area contributed by atoms with Crippen LogP contribution in [0.3, 0.4) is 0 Å². The highest BCUT2D eigenvalue weighted by Crippen LogP contribution is 2.30. The molecule has 2 aromatic carbocycles. The average molecular weight is 311 g/mol. The van der Waals surface area contributed by atoms with Gasteiger partial charge in [0.2, 0.25) is 0 Å². The minimum Gasteiger partial charge on any atom is -0.198 e. The first-order valence-electron chi connectivity index (χ1n) is 5.70. The maximum atomic E-state index is 9.32. The Labute approximate surface area is 127 Å². The van der Waals surface area contributed by atoms with Crippen molar-refractivity contribution in [3.05, 3.63) is 68.7 Å². The zero-order valence-electron chi connectivity index (χ0n) is 9.91. The fourth-order valence-electron chi connectivity index (χ4n) is 1.86. The van der Waals surface area contributed by atoms with Crippen LogP contribution in [0, 0.1) is 11.3 Å². The molecule has 0 aliphatic heterocycles. The molecule has 2 aromatic rings. The summed E-state index contributed by atoms with van der Waals surface area (Å²) in [5.74, 6) is -0.297. The first-order chi connectivity index (χ1) is 9.11. The Morgan fingerprint density at radius 3 is 2.05 bits per heavy atom. The zero-order chi connectivity index (χ0) is 13.8. The van der Waals surface area contributed by atoms with Crippen LogP contribution in [0.15, 0.2) is 42.5 Å². The van der Waals surface area contributed by atoms with E-state index in [4.69, 9.17) is 34.8 Å². The van der Waals surface area contributed by atoms with Crippen molar-refractivity contribution >= 4 is 34.8 Å². The van der Waals surface area contributed by atoms with Gasteiger partial charge < -0.3 is 0 Å². The Kier molecular flexibility index (Phi) is 4.71. The summed E-state index contributed by atoms with van der Waals surface area (Å²) in [4.78, 5) is 0. The topological polar surface area (TPSA) is 23.8 Å². The van der Waals surface area contributed by atoms with Crippen molar-refractivity contribution in [3.8, 4) is 6.07 Å². The van der Waals surface area contributed by atoms with E-state index in [0.717, 1.165) is 11.1 Å². The Balaban J connectivity index is 2.30. The number of rotatable bonds is 3. The molecule has 0 radical (unpaired) electrons. The summed E-state index contributed by atoms with van der Waals surface area (Å²) < 4.78 is 0. The first kappa shape index (κ1) is 14.2. The van der Waals surface area contributed by atoms with Crippen LogP contribution in [0.4, 0.5) is 0 Å². The second-order valence-corrected chi connectivity index (χ2v) is 5.39. The van der Waals surface area contributed by atoms with Gasteiger partial charge in [-0.1, -0.05) is 53.0 Å². The van der Waals surface area contributed by atoms with Gasteiger partial charge in [0.25, 0.3) is 0 Å².